The third kappa shape index (κ3) is 3.83. The second kappa shape index (κ2) is 7.70. The van der Waals surface area contributed by atoms with Gasteiger partial charge in [0.05, 0.1) is 11.3 Å². The normalized spacial score (nSPS) is 10.3. The van der Waals surface area contributed by atoms with Crippen molar-refractivity contribution in [2.45, 2.75) is 13.8 Å². The highest BCUT2D eigenvalue weighted by atomic mass is 16.2. The van der Waals surface area contributed by atoms with Crippen LogP contribution < -0.4 is 15.8 Å². The van der Waals surface area contributed by atoms with Gasteiger partial charge in [0, 0.05) is 18.9 Å². The van der Waals surface area contributed by atoms with Gasteiger partial charge in [-0.05, 0) is 55.3 Å². The first-order valence-corrected chi connectivity index (χ1v) is 8.44. The van der Waals surface area contributed by atoms with Gasteiger partial charge in [-0.25, -0.2) is 4.98 Å². The number of hydrazine groups is 1. The second-order valence-corrected chi connectivity index (χ2v) is 6.11. The predicted octanol–water partition coefficient (Wildman–Crippen LogP) is 4.22. The van der Waals surface area contributed by atoms with Gasteiger partial charge in [-0.1, -0.05) is 30.3 Å². The number of hydrogen-bond acceptors (Lipinski definition) is 4. The number of para-hydroxylation sites is 1. The smallest absolute Gasteiger partial charge is 0.273 e. The summed E-state index contributed by atoms with van der Waals surface area (Å²) >= 11 is 0. The van der Waals surface area contributed by atoms with Crippen molar-refractivity contribution >= 4 is 23.1 Å². The average molecular weight is 346 g/mol. The lowest BCUT2D eigenvalue weighted by Crippen LogP contribution is -2.39. The number of carbonyl (C=O) groups excluding carboxylic acids is 1. The summed E-state index contributed by atoms with van der Waals surface area (Å²) in [4.78, 5) is 17.1. The first-order chi connectivity index (χ1) is 12.6. The SMILES string of the molecule is Cc1cccc(Nc2ncccc2C(=O)NN(C)c2ccccc2)c1C. The molecule has 0 unspecified atom stereocenters. The van der Waals surface area contributed by atoms with Gasteiger partial charge in [0.15, 0.2) is 0 Å². The number of hydrogen-bond donors (Lipinski definition) is 2. The number of carbonyl (C=O) groups is 1. The Labute approximate surface area is 153 Å². The van der Waals surface area contributed by atoms with E-state index in [0.29, 0.717) is 11.4 Å². The van der Waals surface area contributed by atoms with Crippen LogP contribution in [0, 0.1) is 13.8 Å². The average Bonchev–Trinajstić information content (AvgIpc) is 2.66. The Morgan fingerprint density at radius 3 is 2.50 bits per heavy atom. The summed E-state index contributed by atoms with van der Waals surface area (Å²) in [6.45, 7) is 4.10. The van der Waals surface area contributed by atoms with Crippen LogP contribution >= 0.6 is 0 Å². The highest BCUT2D eigenvalue weighted by Gasteiger charge is 2.15. The lowest BCUT2D eigenvalue weighted by molar-refractivity contribution is 0.0952. The maximum absolute atomic E-state index is 12.8. The highest BCUT2D eigenvalue weighted by molar-refractivity contribution is 6.00. The Bertz CT molecular complexity index is 909. The molecule has 1 aromatic heterocycles. The fourth-order valence-electron chi connectivity index (χ4n) is 2.63. The second-order valence-electron chi connectivity index (χ2n) is 6.11. The summed E-state index contributed by atoms with van der Waals surface area (Å²) in [6, 6.07) is 19.2. The molecule has 1 heterocycles. The summed E-state index contributed by atoms with van der Waals surface area (Å²) in [5.74, 6) is 0.303. The number of anilines is 3. The zero-order valence-corrected chi connectivity index (χ0v) is 15.2. The molecule has 0 bridgehead atoms. The topological polar surface area (TPSA) is 57.3 Å². The molecule has 3 aromatic rings. The minimum Gasteiger partial charge on any atom is -0.339 e. The Hall–Kier alpha value is -3.34. The van der Waals surface area contributed by atoms with Crippen LogP contribution in [0.2, 0.25) is 0 Å². The number of aromatic nitrogens is 1. The Kier molecular flexibility index (Phi) is 5.17. The quantitative estimate of drug-likeness (QED) is 0.679. The van der Waals surface area contributed by atoms with Crippen LogP contribution in [0.25, 0.3) is 0 Å². The number of rotatable bonds is 5. The lowest BCUT2D eigenvalue weighted by Gasteiger charge is -2.21. The molecule has 2 N–H and O–H groups in total. The van der Waals surface area contributed by atoms with E-state index in [2.05, 4.69) is 28.7 Å². The summed E-state index contributed by atoms with van der Waals surface area (Å²) < 4.78 is 0. The number of aryl methyl sites for hydroxylation is 1. The molecule has 1 amide bonds. The molecule has 132 valence electrons. The van der Waals surface area contributed by atoms with E-state index in [1.807, 2.05) is 49.4 Å². The lowest BCUT2D eigenvalue weighted by atomic mass is 10.1. The van der Waals surface area contributed by atoms with Crippen molar-refractivity contribution < 1.29 is 4.79 Å². The van der Waals surface area contributed by atoms with E-state index in [-0.39, 0.29) is 5.91 Å². The molecule has 5 nitrogen and oxygen atoms in total. The van der Waals surface area contributed by atoms with E-state index >= 15 is 0 Å². The maximum atomic E-state index is 12.8. The molecule has 0 radical (unpaired) electrons. The van der Waals surface area contributed by atoms with Crippen molar-refractivity contribution in [3.8, 4) is 0 Å². The molecule has 0 fully saturated rings. The molecule has 2 aromatic carbocycles. The minimum absolute atomic E-state index is 0.225. The van der Waals surface area contributed by atoms with Gasteiger partial charge in [-0.3, -0.25) is 15.2 Å². The van der Waals surface area contributed by atoms with E-state index < -0.39 is 0 Å². The van der Waals surface area contributed by atoms with Crippen LogP contribution in [0.3, 0.4) is 0 Å². The fraction of sp³-hybridized carbons (Fsp3) is 0.143. The van der Waals surface area contributed by atoms with Gasteiger partial charge < -0.3 is 5.32 Å². The van der Waals surface area contributed by atoms with Gasteiger partial charge in [0.2, 0.25) is 0 Å². The highest BCUT2D eigenvalue weighted by Crippen LogP contribution is 2.24. The largest absolute Gasteiger partial charge is 0.339 e. The molecule has 0 saturated carbocycles. The standard InChI is InChI=1S/C21H22N4O/c1-15-9-7-13-19(16(15)2)23-20-18(12-8-14-22-20)21(26)24-25(3)17-10-5-4-6-11-17/h4-14H,1-3H3,(H,22,23)(H,24,26). The molecule has 0 aliphatic rings. The summed E-state index contributed by atoms with van der Waals surface area (Å²) in [5.41, 5.74) is 7.51. The number of amides is 1. The van der Waals surface area contributed by atoms with Gasteiger partial charge >= 0.3 is 0 Å². The van der Waals surface area contributed by atoms with E-state index in [1.54, 1.807) is 30.4 Å². The van der Waals surface area contributed by atoms with Crippen molar-refractivity contribution in [1.82, 2.24) is 10.4 Å². The Morgan fingerprint density at radius 1 is 0.962 bits per heavy atom. The molecule has 0 aliphatic carbocycles. The van der Waals surface area contributed by atoms with Crippen LogP contribution in [0.5, 0.6) is 0 Å². The fourth-order valence-corrected chi connectivity index (χ4v) is 2.63. The van der Waals surface area contributed by atoms with Crippen LogP contribution in [-0.4, -0.2) is 17.9 Å². The van der Waals surface area contributed by atoms with Crippen LogP contribution in [0.4, 0.5) is 17.2 Å². The van der Waals surface area contributed by atoms with Crippen molar-refractivity contribution in [1.29, 1.82) is 0 Å². The molecule has 0 saturated heterocycles. The zero-order chi connectivity index (χ0) is 18.5. The first kappa shape index (κ1) is 17.5. The first-order valence-electron chi connectivity index (χ1n) is 8.44. The molecule has 0 aliphatic heterocycles. The van der Waals surface area contributed by atoms with Gasteiger partial charge in [0.1, 0.15) is 5.82 Å². The van der Waals surface area contributed by atoms with E-state index in [9.17, 15) is 4.79 Å². The van der Waals surface area contributed by atoms with E-state index in [1.165, 1.54) is 5.56 Å². The maximum Gasteiger partial charge on any atom is 0.273 e. The van der Waals surface area contributed by atoms with Crippen molar-refractivity contribution in [2.24, 2.45) is 0 Å². The number of pyridine rings is 1. The molecular weight excluding hydrogens is 324 g/mol. The monoisotopic (exact) mass is 346 g/mol. The van der Waals surface area contributed by atoms with Crippen LogP contribution in [0.1, 0.15) is 21.5 Å². The van der Waals surface area contributed by atoms with Crippen molar-refractivity contribution in [3.05, 3.63) is 83.6 Å². The summed E-state index contributed by atoms with van der Waals surface area (Å²) in [5, 5.41) is 4.98. The summed E-state index contributed by atoms with van der Waals surface area (Å²) in [6.07, 6.45) is 1.67. The van der Waals surface area contributed by atoms with Crippen LogP contribution in [0.15, 0.2) is 66.9 Å². The van der Waals surface area contributed by atoms with Gasteiger partial charge in [-0.2, -0.15) is 0 Å². The Balaban J connectivity index is 1.82. The zero-order valence-electron chi connectivity index (χ0n) is 15.2. The predicted molar refractivity (Wildman–Crippen MR) is 106 cm³/mol. The number of nitrogens with one attached hydrogen (secondary N) is 2. The molecule has 0 atom stereocenters. The molecule has 26 heavy (non-hydrogen) atoms. The summed E-state index contributed by atoms with van der Waals surface area (Å²) in [7, 11) is 1.81. The minimum atomic E-state index is -0.225. The molecule has 0 spiro atoms. The molecular formula is C21H22N4O. The van der Waals surface area contributed by atoms with Crippen LogP contribution in [-0.2, 0) is 0 Å². The van der Waals surface area contributed by atoms with Crippen molar-refractivity contribution in [3.63, 3.8) is 0 Å². The molecule has 3 rings (SSSR count). The third-order valence-electron chi connectivity index (χ3n) is 4.32. The number of benzene rings is 2. The molecule has 5 heteroatoms. The van der Waals surface area contributed by atoms with E-state index in [0.717, 1.165) is 16.9 Å². The van der Waals surface area contributed by atoms with Gasteiger partial charge in [0.25, 0.3) is 5.91 Å². The third-order valence-corrected chi connectivity index (χ3v) is 4.32. The number of nitrogens with zero attached hydrogens (tertiary/aromatic N) is 2. The van der Waals surface area contributed by atoms with Gasteiger partial charge in [-0.15, -0.1) is 0 Å². The Morgan fingerprint density at radius 2 is 1.73 bits per heavy atom. The van der Waals surface area contributed by atoms with E-state index in [4.69, 9.17) is 0 Å². The van der Waals surface area contributed by atoms with Crippen molar-refractivity contribution in [2.75, 3.05) is 17.4 Å².